The molecule has 0 unspecified atom stereocenters. The summed E-state index contributed by atoms with van der Waals surface area (Å²) in [5.74, 6) is 0. The van der Waals surface area contributed by atoms with Crippen molar-refractivity contribution < 1.29 is 0 Å². The van der Waals surface area contributed by atoms with E-state index in [1.165, 1.54) is 16.5 Å². The van der Waals surface area contributed by atoms with Crippen molar-refractivity contribution in [2.24, 2.45) is 0 Å². The highest BCUT2D eigenvalue weighted by Crippen LogP contribution is 2.18. The van der Waals surface area contributed by atoms with E-state index < -0.39 is 0 Å². The molecule has 0 saturated heterocycles. The Morgan fingerprint density at radius 1 is 0.941 bits per heavy atom. The molecule has 3 aromatic rings. The van der Waals surface area contributed by atoms with Gasteiger partial charge < -0.3 is 10.3 Å². The first-order valence-corrected chi connectivity index (χ1v) is 5.77. The lowest BCUT2D eigenvalue weighted by Crippen LogP contribution is -1.98. The van der Waals surface area contributed by atoms with Crippen molar-refractivity contribution in [2.45, 2.75) is 6.54 Å². The second-order valence-corrected chi connectivity index (χ2v) is 4.12. The van der Waals surface area contributed by atoms with Crippen molar-refractivity contribution in [3.8, 4) is 0 Å². The van der Waals surface area contributed by atoms with E-state index in [9.17, 15) is 0 Å². The van der Waals surface area contributed by atoms with Gasteiger partial charge in [-0.25, -0.2) is 0 Å². The Balaban J connectivity index is 1.76. The molecular weight excluding hydrogens is 208 g/mol. The minimum Gasteiger partial charge on any atom is -0.381 e. The summed E-state index contributed by atoms with van der Waals surface area (Å²) >= 11 is 0. The summed E-state index contributed by atoms with van der Waals surface area (Å²) in [6.07, 6.45) is 1.96. The highest BCUT2D eigenvalue weighted by molar-refractivity contribution is 5.82. The Morgan fingerprint density at radius 3 is 2.71 bits per heavy atom. The number of aromatic amines is 1. The van der Waals surface area contributed by atoms with Gasteiger partial charge in [-0.2, -0.15) is 0 Å². The highest BCUT2D eigenvalue weighted by Gasteiger charge is 1.97. The number of aromatic nitrogens is 1. The molecule has 1 heterocycles. The molecule has 2 aromatic carbocycles. The summed E-state index contributed by atoms with van der Waals surface area (Å²) in [6.45, 7) is 0.858. The number of rotatable bonds is 3. The maximum atomic E-state index is 3.43. The molecule has 0 aliphatic heterocycles. The Labute approximate surface area is 100 Å². The van der Waals surface area contributed by atoms with Crippen molar-refractivity contribution in [3.05, 3.63) is 66.4 Å². The van der Waals surface area contributed by atoms with Crippen LogP contribution < -0.4 is 5.32 Å². The molecular formula is C15H14N2. The SMILES string of the molecule is c1ccc(CNc2ccc3[nH]ccc3c2)cc1. The second kappa shape index (κ2) is 4.34. The quantitative estimate of drug-likeness (QED) is 0.693. The van der Waals surface area contributed by atoms with Crippen LogP contribution >= 0.6 is 0 Å². The molecule has 0 saturated carbocycles. The van der Waals surface area contributed by atoms with Crippen LogP contribution in [0.3, 0.4) is 0 Å². The third kappa shape index (κ3) is 2.16. The molecule has 1 aromatic heterocycles. The minimum absolute atomic E-state index is 0.858. The standard InChI is InChI=1S/C15H14N2/c1-2-4-12(5-3-1)11-17-14-6-7-15-13(10-14)8-9-16-15/h1-10,16-17H,11H2. The third-order valence-corrected chi connectivity index (χ3v) is 2.89. The first kappa shape index (κ1) is 9.97. The zero-order valence-electron chi connectivity index (χ0n) is 9.48. The van der Waals surface area contributed by atoms with E-state index in [4.69, 9.17) is 0 Å². The van der Waals surface area contributed by atoms with Crippen LogP contribution in [0, 0.1) is 0 Å². The van der Waals surface area contributed by atoms with E-state index in [0.29, 0.717) is 0 Å². The number of benzene rings is 2. The molecule has 2 heteroatoms. The first-order chi connectivity index (χ1) is 8.42. The minimum atomic E-state index is 0.858. The van der Waals surface area contributed by atoms with Gasteiger partial charge in [0.15, 0.2) is 0 Å². The van der Waals surface area contributed by atoms with Gasteiger partial charge in [-0.15, -0.1) is 0 Å². The van der Waals surface area contributed by atoms with Crippen molar-refractivity contribution in [1.29, 1.82) is 0 Å². The summed E-state index contributed by atoms with van der Waals surface area (Å²) in [5.41, 5.74) is 3.62. The number of anilines is 1. The molecule has 0 bridgehead atoms. The fourth-order valence-electron chi connectivity index (χ4n) is 1.96. The van der Waals surface area contributed by atoms with Crippen LogP contribution in [0.1, 0.15) is 5.56 Å². The number of hydrogen-bond donors (Lipinski definition) is 2. The zero-order valence-corrected chi connectivity index (χ0v) is 9.48. The maximum Gasteiger partial charge on any atom is 0.0455 e. The van der Waals surface area contributed by atoms with Crippen LogP contribution in [0.4, 0.5) is 5.69 Å². The van der Waals surface area contributed by atoms with Gasteiger partial charge >= 0.3 is 0 Å². The molecule has 3 rings (SSSR count). The van der Waals surface area contributed by atoms with E-state index in [0.717, 1.165) is 12.2 Å². The van der Waals surface area contributed by atoms with Gasteiger partial charge in [0.25, 0.3) is 0 Å². The average molecular weight is 222 g/mol. The molecule has 84 valence electrons. The van der Waals surface area contributed by atoms with Crippen LogP contribution in [0.2, 0.25) is 0 Å². The summed E-state index contributed by atoms with van der Waals surface area (Å²) in [6, 6.07) is 18.9. The lowest BCUT2D eigenvalue weighted by Gasteiger charge is -2.06. The van der Waals surface area contributed by atoms with Gasteiger partial charge in [0.05, 0.1) is 0 Å². The Bertz CT molecular complexity index is 611. The van der Waals surface area contributed by atoms with Crippen molar-refractivity contribution in [3.63, 3.8) is 0 Å². The lowest BCUT2D eigenvalue weighted by atomic mass is 10.2. The Morgan fingerprint density at radius 2 is 1.82 bits per heavy atom. The molecule has 2 N–H and O–H groups in total. The molecule has 2 nitrogen and oxygen atoms in total. The van der Waals surface area contributed by atoms with E-state index in [1.807, 2.05) is 12.3 Å². The number of hydrogen-bond acceptors (Lipinski definition) is 1. The Kier molecular flexibility index (Phi) is 2.54. The highest BCUT2D eigenvalue weighted by atomic mass is 14.9. The summed E-state index contributed by atoms with van der Waals surface area (Å²) in [7, 11) is 0. The first-order valence-electron chi connectivity index (χ1n) is 5.77. The maximum absolute atomic E-state index is 3.43. The van der Waals surface area contributed by atoms with Crippen LogP contribution in [0.5, 0.6) is 0 Å². The number of nitrogens with one attached hydrogen (secondary N) is 2. The van der Waals surface area contributed by atoms with Crippen molar-refractivity contribution in [2.75, 3.05) is 5.32 Å². The summed E-state index contributed by atoms with van der Waals surface area (Å²) in [5, 5.41) is 4.67. The zero-order chi connectivity index (χ0) is 11.5. The Hall–Kier alpha value is -2.22. The predicted molar refractivity (Wildman–Crippen MR) is 72.1 cm³/mol. The van der Waals surface area contributed by atoms with Crippen molar-refractivity contribution in [1.82, 2.24) is 4.98 Å². The normalized spacial score (nSPS) is 10.6. The smallest absolute Gasteiger partial charge is 0.0455 e. The molecule has 0 aliphatic carbocycles. The van der Waals surface area contributed by atoms with Gasteiger partial charge in [0.1, 0.15) is 0 Å². The number of fused-ring (bicyclic) bond motifs is 1. The van der Waals surface area contributed by atoms with Crippen molar-refractivity contribution >= 4 is 16.6 Å². The average Bonchev–Trinajstić information content (AvgIpc) is 2.85. The fraction of sp³-hybridized carbons (Fsp3) is 0.0667. The predicted octanol–water partition coefficient (Wildman–Crippen LogP) is 3.78. The third-order valence-electron chi connectivity index (χ3n) is 2.89. The molecule has 0 spiro atoms. The lowest BCUT2D eigenvalue weighted by molar-refractivity contribution is 1.15. The van der Waals surface area contributed by atoms with E-state index >= 15 is 0 Å². The van der Waals surface area contributed by atoms with Gasteiger partial charge in [0.2, 0.25) is 0 Å². The van der Waals surface area contributed by atoms with Crippen LogP contribution in [0.15, 0.2) is 60.8 Å². The van der Waals surface area contributed by atoms with Gasteiger partial charge in [-0.1, -0.05) is 30.3 Å². The topological polar surface area (TPSA) is 27.8 Å². The van der Waals surface area contributed by atoms with Gasteiger partial charge in [0, 0.05) is 29.3 Å². The monoisotopic (exact) mass is 222 g/mol. The molecule has 0 fully saturated rings. The molecule has 0 atom stereocenters. The van der Waals surface area contributed by atoms with Gasteiger partial charge in [-0.3, -0.25) is 0 Å². The van der Waals surface area contributed by atoms with Crippen LogP contribution in [0.25, 0.3) is 10.9 Å². The number of H-pyrrole nitrogens is 1. The van der Waals surface area contributed by atoms with Crippen LogP contribution in [-0.4, -0.2) is 4.98 Å². The molecule has 0 radical (unpaired) electrons. The summed E-state index contributed by atoms with van der Waals surface area (Å²) < 4.78 is 0. The van der Waals surface area contributed by atoms with E-state index in [-0.39, 0.29) is 0 Å². The largest absolute Gasteiger partial charge is 0.381 e. The second-order valence-electron chi connectivity index (χ2n) is 4.12. The van der Waals surface area contributed by atoms with E-state index in [1.54, 1.807) is 0 Å². The summed E-state index contributed by atoms with van der Waals surface area (Å²) in [4.78, 5) is 3.19. The molecule has 0 aliphatic rings. The molecule has 0 amide bonds. The molecule has 17 heavy (non-hydrogen) atoms. The van der Waals surface area contributed by atoms with E-state index in [2.05, 4.69) is 58.8 Å². The fourth-order valence-corrected chi connectivity index (χ4v) is 1.96. The van der Waals surface area contributed by atoms with Gasteiger partial charge in [-0.05, 0) is 29.8 Å². The van der Waals surface area contributed by atoms with Crippen LogP contribution in [-0.2, 0) is 6.54 Å².